The van der Waals surface area contributed by atoms with Crippen molar-refractivity contribution >= 4 is 28.5 Å². The van der Waals surface area contributed by atoms with E-state index in [1.807, 2.05) is 30.5 Å². The van der Waals surface area contributed by atoms with E-state index in [2.05, 4.69) is 0 Å². The zero-order valence-electron chi connectivity index (χ0n) is 10.2. The summed E-state index contributed by atoms with van der Waals surface area (Å²) in [4.78, 5) is 11.1. The van der Waals surface area contributed by atoms with Crippen molar-refractivity contribution in [1.82, 2.24) is 4.57 Å². The fraction of sp³-hybridized carbons (Fsp3) is 0.308. The topological polar surface area (TPSA) is 68.2 Å². The predicted octanol–water partition coefficient (Wildman–Crippen LogP) is 2.96. The van der Waals surface area contributed by atoms with Gasteiger partial charge in [0.15, 0.2) is 0 Å². The van der Waals surface area contributed by atoms with Gasteiger partial charge in [0.05, 0.1) is 0 Å². The van der Waals surface area contributed by atoms with Crippen molar-refractivity contribution in [2.24, 2.45) is 5.73 Å². The van der Waals surface area contributed by atoms with Gasteiger partial charge >= 0.3 is 5.97 Å². The van der Waals surface area contributed by atoms with Crippen molar-refractivity contribution < 1.29 is 9.90 Å². The summed E-state index contributed by atoms with van der Waals surface area (Å²) in [5, 5.41) is 10.6. The molecule has 0 aliphatic carbocycles. The maximum Gasteiger partial charge on any atom is 0.326 e. The lowest BCUT2D eigenvalue weighted by atomic mass is 10.2. The van der Waals surface area contributed by atoms with Crippen molar-refractivity contribution in [3.8, 4) is 0 Å². The highest BCUT2D eigenvalue weighted by Gasteiger charge is 2.22. The van der Waals surface area contributed by atoms with Crippen molar-refractivity contribution in [3.63, 3.8) is 0 Å². The molecule has 0 radical (unpaired) electrons. The molecule has 1 atom stereocenters. The predicted molar refractivity (Wildman–Crippen MR) is 71.9 cm³/mol. The van der Waals surface area contributed by atoms with E-state index in [4.69, 9.17) is 22.4 Å². The highest BCUT2D eigenvalue weighted by molar-refractivity contribution is 6.31. The third-order valence-corrected chi connectivity index (χ3v) is 3.17. The number of hydrogen-bond acceptors (Lipinski definition) is 2. The second kappa shape index (κ2) is 4.63. The number of aliphatic carboxylic acids is 1. The first-order chi connectivity index (χ1) is 8.41. The zero-order valence-corrected chi connectivity index (χ0v) is 11.0. The van der Waals surface area contributed by atoms with E-state index in [1.165, 1.54) is 0 Å². The van der Waals surface area contributed by atoms with Crippen LogP contribution < -0.4 is 5.73 Å². The Labute approximate surface area is 110 Å². The number of rotatable bonds is 3. The second-order valence-corrected chi connectivity index (χ2v) is 4.99. The van der Waals surface area contributed by atoms with E-state index in [0.29, 0.717) is 10.7 Å². The molecule has 4 nitrogen and oxygen atoms in total. The van der Waals surface area contributed by atoms with Gasteiger partial charge in [0, 0.05) is 27.7 Å². The third kappa shape index (κ3) is 2.09. The van der Waals surface area contributed by atoms with Crippen LogP contribution in [0.4, 0.5) is 0 Å². The molecule has 0 spiro atoms. The van der Waals surface area contributed by atoms with Crippen LogP contribution in [0.15, 0.2) is 24.3 Å². The Balaban J connectivity index is 2.72. The largest absolute Gasteiger partial charge is 0.480 e. The lowest BCUT2D eigenvalue weighted by Crippen LogP contribution is -2.24. The third-order valence-electron chi connectivity index (χ3n) is 2.93. The molecule has 1 heterocycles. The standard InChI is InChI=1S/C13H15ClN2O2/c1-7(2)16-10-4-3-9(14)5-8(10)6-11(16)12(15)13(17)18/h3-7,12H,15H2,1-2H3,(H,17,18). The number of nitrogens with two attached hydrogens (primary N) is 1. The second-order valence-electron chi connectivity index (χ2n) is 4.55. The lowest BCUT2D eigenvalue weighted by Gasteiger charge is -2.16. The number of aromatic nitrogens is 1. The molecule has 0 aliphatic rings. The Hall–Kier alpha value is -1.52. The fourth-order valence-electron chi connectivity index (χ4n) is 2.17. The minimum atomic E-state index is -1.04. The minimum absolute atomic E-state index is 0.129. The molecule has 1 unspecified atom stereocenters. The van der Waals surface area contributed by atoms with Gasteiger partial charge < -0.3 is 15.4 Å². The van der Waals surface area contributed by atoms with Gasteiger partial charge in [0.1, 0.15) is 6.04 Å². The zero-order chi connectivity index (χ0) is 13.4. The summed E-state index contributed by atoms with van der Waals surface area (Å²) >= 11 is 5.95. The summed E-state index contributed by atoms with van der Waals surface area (Å²) < 4.78 is 1.93. The monoisotopic (exact) mass is 266 g/mol. The van der Waals surface area contributed by atoms with Crippen LogP contribution in [-0.2, 0) is 4.79 Å². The SMILES string of the molecule is CC(C)n1c(C(N)C(=O)O)cc2cc(Cl)ccc21. The van der Waals surface area contributed by atoms with E-state index < -0.39 is 12.0 Å². The van der Waals surface area contributed by atoms with Gasteiger partial charge in [-0.15, -0.1) is 0 Å². The Morgan fingerprint density at radius 1 is 1.39 bits per heavy atom. The van der Waals surface area contributed by atoms with Gasteiger partial charge in [-0.05, 0) is 38.1 Å². The van der Waals surface area contributed by atoms with E-state index >= 15 is 0 Å². The van der Waals surface area contributed by atoms with E-state index in [9.17, 15) is 4.79 Å². The number of carbonyl (C=O) groups is 1. The van der Waals surface area contributed by atoms with Crippen molar-refractivity contribution in [3.05, 3.63) is 35.0 Å². The Kier molecular flexibility index (Phi) is 3.32. The summed E-state index contributed by atoms with van der Waals surface area (Å²) in [6.45, 7) is 3.98. The number of benzene rings is 1. The molecule has 1 aromatic carbocycles. The number of halogens is 1. The quantitative estimate of drug-likeness (QED) is 0.897. The molecule has 18 heavy (non-hydrogen) atoms. The maximum atomic E-state index is 11.1. The lowest BCUT2D eigenvalue weighted by molar-refractivity contribution is -0.138. The highest BCUT2D eigenvalue weighted by Crippen LogP contribution is 2.29. The number of carboxylic acids is 1. The molecule has 0 amide bonds. The number of hydrogen-bond donors (Lipinski definition) is 2. The number of nitrogens with zero attached hydrogens (tertiary/aromatic N) is 1. The molecule has 0 aliphatic heterocycles. The van der Waals surface area contributed by atoms with Gasteiger partial charge in [-0.2, -0.15) is 0 Å². The molecule has 0 bridgehead atoms. The van der Waals surface area contributed by atoms with Crippen molar-refractivity contribution in [1.29, 1.82) is 0 Å². The highest BCUT2D eigenvalue weighted by atomic mass is 35.5. The van der Waals surface area contributed by atoms with Gasteiger partial charge in [-0.25, -0.2) is 0 Å². The van der Waals surface area contributed by atoms with Crippen molar-refractivity contribution in [2.45, 2.75) is 25.9 Å². The smallest absolute Gasteiger partial charge is 0.326 e. The molecular weight excluding hydrogens is 252 g/mol. The first-order valence-corrected chi connectivity index (χ1v) is 6.08. The molecule has 96 valence electrons. The van der Waals surface area contributed by atoms with E-state index in [0.717, 1.165) is 10.9 Å². The molecule has 5 heteroatoms. The Bertz CT molecular complexity index is 604. The van der Waals surface area contributed by atoms with Crippen LogP contribution in [0.2, 0.25) is 5.02 Å². The van der Waals surface area contributed by atoms with Crippen LogP contribution in [0.25, 0.3) is 10.9 Å². The molecular formula is C13H15ClN2O2. The summed E-state index contributed by atoms with van der Waals surface area (Å²) in [7, 11) is 0. The molecule has 3 N–H and O–H groups in total. The van der Waals surface area contributed by atoms with Crippen LogP contribution in [-0.4, -0.2) is 15.6 Å². The summed E-state index contributed by atoms with van der Waals surface area (Å²) in [6, 6.07) is 6.38. The molecule has 0 fully saturated rings. The molecule has 2 rings (SSSR count). The van der Waals surface area contributed by atoms with Gasteiger partial charge in [-0.3, -0.25) is 4.79 Å². The van der Waals surface area contributed by atoms with Crippen LogP contribution in [0.3, 0.4) is 0 Å². The van der Waals surface area contributed by atoms with E-state index in [-0.39, 0.29) is 6.04 Å². The fourth-order valence-corrected chi connectivity index (χ4v) is 2.35. The average molecular weight is 267 g/mol. The molecule has 2 aromatic rings. The normalized spacial score (nSPS) is 13.2. The Morgan fingerprint density at radius 2 is 2.06 bits per heavy atom. The van der Waals surface area contributed by atoms with Gasteiger partial charge in [0.2, 0.25) is 0 Å². The average Bonchev–Trinajstić information content (AvgIpc) is 2.65. The molecule has 0 saturated heterocycles. The first-order valence-electron chi connectivity index (χ1n) is 5.70. The summed E-state index contributed by atoms with van der Waals surface area (Å²) in [5.41, 5.74) is 7.26. The number of carboxylic acid groups (broad SMARTS) is 1. The molecule has 1 aromatic heterocycles. The van der Waals surface area contributed by atoms with Crippen LogP contribution in [0, 0.1) is 0 Å². The van der Waals surface area contributed by atoms with Crippen LogP contribution in [0.5, 0.6) is 0 Å². The van der Waals surface area contributed by atoms with Crippen LogP contribution >= 0.6 is 11.6 Å². The van der Waals surface area contributed by atoms with Gasteiger partial charge in [0.25, 0.3) is 0 Å². The van der Waals surface area contributed by atoms with Crippen LogP contribution in [0.1, 0.15) is 31.6 Å². The number of fused-ring (bicyclic) bond motifs is 1. The minimum Gasteiger partial charge on any atom is -0.480 e. The van der Waals surface area contributed by atoms with Crippen molar-refractivity contribution in [2.75, 3.05) is 0 Å². The van der Waals surface area contributed by atoms with E-state index in [1.54, 1.807) is 12.1 Å². The first kappa shape index (κ1) is 12.9. The summed E-state index contributed by atoms with van der Waals surface area (Å²) in [5.74, 6) is -1.04. The summed E-state index contributed by atoms with van der Waals surface area (Å²) in [6.07, 6.45) is 0. The molecule has 0 saturated carbocycles. The maximum absolute atomic E-state index is 11.1. The van der Waals surface area contributed by atoms with Gasteiger partial charge in [-0.1, -0.05) is 11.6 Å². The Morgan fingerprint density at radius 3 is 2.61 bits per heavy atom.